The Morgan fingerprint density at radius 2 is 1.87 bits per heavy atom. The van der Waals surface area contributed by atoms with Crippen molar-refractivity contribution in [3.63, 3.8) is 0 Å². The van der Waals surface area contributed by atoms with Crippen molar-refractivity contribution >= 4 is 11.5 Å². The Hall–Kier alpha value is -2.64. The van der Waals surface area contributed by atoms with Crippen molar-refractivity contribution in [2.75, 3.05) is 64.4 Å². The Balaban J connectivity index is 1.49. The zero-order valence-electron chi connectivity index (χ0n) is 18.3. The van der Waals surface area contributed by atoms with Crippen molar-refractivity contribution in [3.8, 4) is 16.9 Å². The Kier molecular flexibility index (Phi) is 6.50. The smallest absolute Gasteiger partial charge is 0.165 e. The minimum Gasteiger partial charge on any atom is -0.497 e. The van der Waals surface area contributed by atoms with E-state index in [1.54, 1.807) is 7.11 Å². The van der Waals surface area contributed by atoms with Crippen LogP contribution in [0.1, 0.15) is 13.8 Å². The van der Waals surface area contributed by atoms with Gasteiger partial charge in [-0.2, -0.15) is 9.61 Å². The number of benzene rings is 1. The summed E-state index contributed by atoms with van der Waals surface area (Å²) in [6.45, 7) is 13.2. The minimum atomic E-state index is 0.837. The quantitative estimate of drug-likeness (QED) is 0.571. The van der Waals surface area contributed by atoms with Crippen molar-refractivity contribution in [1.82, 2.24) is 24.4 Å². The van der Waals surface area contributed by atoms with Crippen LogP contribution in [0.4, 0.5) is 5.82 Å². The fourth-order valence-corrected chi connectivity index (χ4v) is 4.14. The molecule has 7 nitrogen and oxygen atoms in total. The van der Waals surface area contributed by atoms with E-state index in [4.69, 9.17) is 4.74 Å². The number of likely N-dealkylation sites (N-methyl/N-ethyl adjacent to an activating group) is 1. The first-order valence-electron chi connectivity index (χ1n) is 10.9. The third-order valence-electron chi connectivity index (χ3n) is 6.09. The van der Waals surface area contributed by atoms with E-state index in [0.717, 1.165) is 80.7 Å². The minimum absolute atomic E-state index is 0.837. The standard InChI is InChI=1S/C23H32N6O/c1-4-26(5-2)11-12-27-13-15-28(16-14-27)22-9-10-24-23-21(18-25-29(22)23)19-7-6-8-20(17-19)30-3/h6-10,17-18H,4-5,11-16H2,1-3H3. The highest BCUT2D eigenvalue weighted by Crippen LogP contribution is 2.28. The van der Waals surface area contributed by atoms with Crippen molar-refractivity contribution in [2.45, 2.75) is 13.8 Å². The first-order valence-corrected chi connectivity index (χ1v) is 10.9. The van der Waals surface area contributed by atoms with Gasteiger partial charge in [-0.05, 0) is 36.9 Å². The normalized spacial score (nSPS) is 15.3. The molecule has 0 atom stereocenters. The highest BCUT2D eigenvalue weighted by Gasteiger charge is 2.21. The van der Waals surface area contributed by atoms with Gasteiger partial charge in [0.1, 0.15) is 11.6 Å². The summed E-state index contributed by atoms with van der Waals surface area (Å²) in [7, 11) is 1.69. The lowest BCUT2D eigenvalue weighted by molar-refractivity contribution is 0.205. The van der Waals surface area contributed by atoms with Crippen LogP contribution in [-0.2, 0) is 0 Å². The number of anilines is 1. The number of piperazine rings is 1. The van der Waals surface area contributed by atoms with E-state index in [1.165, 1.54) is 0 Å². The van der Waals surface area contributed by atoms with Crippen molar-refractivity contribution in [3.05, 3.63) is 42.7 Å². The van der Waals surface area contributed by atoms with Crippen molar-refractivity contribution < 1.29 is 4.74 Å². The molecular formula is C23H32N6O. The molecule has 0 N–H and O–H groups in total. The third kappa shape index (κ3) is 4.27. The molecule has 3 aromatic rings. The van der Waals surface area contributed by atoms with Gasteiger partial charge in [-0.25, -0.2) is 4.98 Å². The molecule has 0 spiro atoms. The van der Waals surface area contributed by atoms with Crippen LogP contribution < -0.4 is 9.64 Å². The predicted molar refractivity (Wildman–Crippen MR) is 121 cm³/mol. The van der Waals surface area contributed by atoms with Gasteiger partial charge < -0.3 is 14.5 Å². The molecule has 0 unspecified atom stereocenters. The average molecular weight is 409 g/mol. The highest BCUT2D eigenvalue weighted by molar-refractivity contribution is 5.78. The zero-order valence-corrected chi connectivity index (χ0v) is 18.3. The van der Waals surface area contributed by atoms with E-state index in [1.807, 2.05) is 35.1 Å². The first-order chi connectivity index (χ1) is 14.7. The molecule has 30 heavy (non-hydrogen) atoms. The molecule has 1 saturated heterocycles. The Morgan fingerprint density at radius 1 is 1.07 bits per heavy atom. The maximum atomic E-state index is 5.38. The van der Waals surface area contributed by atoms with Gasteiger partial charge in [0.15, 0.2) is 5.65 Å². The lowest BCUT2D eigenvalue weighted by atomic mass is 10.1. The average Bonchev–Trinajstić information content (AvgIpc) is 3.24. The number of nitrogens with zero attached hydrogens (tertiary/aromatic N) is 6. The summed E-state index contributed by atoms with van der Waals surface area (Å²) < 4.78 is 7.35. The number of rotatable bonds is 8. The number of fused-ring (bicyclic) bond motifs is 1. The monoisotopic (exact) mass is 408 g/mol. The maximum Gasteiger partial charge on any atom is 0.165 e. The molecule has 1 aliphatic heterocycles. The summed E-state index contributed by atoms with van der Waals surface area (Å²) in [5.74, 6) is 1.95. The van der Waals surface area contributed by atoms with Gasteiger partial charge in [0.25, 0.3) is 0 Å². The summed E-state index contributed by atoms with van der Waals surface area (Å²) in [6, 6.07) is 10.1. The molecule has 3 heterocycles. The molecule has 0 saturated carbocycles. The lowest BCUT2D eigenvalue weighted by Gasteiger charge is -2.36. The fourth-order valence-electron chi connectivity index (χ4n) is 4.14. The topological polar surface area (TPSA) is 49.1 Å². The van der Waals surface area contributed by atoms with E-state index in [-0.39, 0.29) is 0 Å². The number of hydrogen-bond donors (Lipinski definition) is 0. The van der Waals surface area contributed by atoms with Crippen molar-refractivity contribution in [1.29, 1.82) is 0 Å². The van der Waals surface area contributed by atoms with Gasteiger partial charge in [-0.1, -0.05) is 26.0 Å². The summed E-state index contributed by atoms with van der Waals surface area (Å²) in [5, 5.41) is 4.68. The van der Waals surface area contributed by atoms with Gasteiger partial charge in [0, 0.05) is 51.0 Å². The Bertz CT molecular complexity index is 959. The Labute approximate surface area is 178 Å². The van der Waals surface area contributed by atoms with E-state index < -0.39 is 0 Å². The second-order valence-corrected chi connectivity index (χ2v) is 7.68. The third-order valence-corrected chi connectivity index (χ3v) is 6.09. The molecule has 160 valence electrons. The molecule has 1 aliphatic rings. The SMILES string of the molecule is CCN(CC)CCN1CCN(c2ccnc3c(-c4cccc(OC)c4)cnn23)CC1. The van der Waals surface area contributed by atoms with E-state index >= 15 is 0 Å². The lowest BCUT2D eigenvalue weighted by Crippen LogP contribution is -2.49. The second kappa shape index (κ2) is 9.45. The molecule has 4 rings (SSSR count). The Morgan fingerprint density at radius 3 is 2.60 bits per heavy atom. The number of ether oxygens (including phenoxy) is 1. The summed E-state index contributed by atoms with van der Waals surface area (Å²) in [5.41, 5.74) is 2.97. The molecular weight excluding hydrogens is 376 g/mol. The van der Waals surface area contributed by atoms with Crippen LogP contribution in [0.2, 0.25) is 0 Å². The van der Waals surface area contributed by atoms with E-state index in [0.29, 0.717) is 0 Å². The first kappa shape index (κ1) is 20.6. The summed E-state index contributed by atoms with van der Waals surface area (Å²) >= 11 is 0. The van der Waals surface area contributed by atoms with Gasteiger partial charge in [-0.15, -0.1) is 0 Å². The molecule has 0 amide bonds. The predicted octanol–water partition coefficient (Wildman–Crippen LogP) is 2.87. The summed E-state index contributed by atoms with van der Waals surface area (Å²) in [4.78, 5) is 12.1. The number of hydrogen-bond acceptors (Lipinski definition) is 6. The number of methoxy groups -OCH3 is 1. The molecule has 0 aliphatic carbocycles. The van der Waals surface area contributed by atoms with Crippen LogP contribution in [0, 0.1) is 0 Å². The number of aromatic nitrogens is 3. The van der Waals surface area contributed by atoms with Gasteiger partial charge in [-0.3, -0.25) is 4.90 Å². The van der Waals surface area contributed by atoms with Crippen LogP contribution >= 0.6 is 0 Å². The van der Waals surface area contributed by atoms with Crippen LogP contribution in [0.15, 0.2) is 42.7 Å². The van der Waals surface area contributed by atoms with Crippen molar-refractivity contribution in [2.24, 2.45) is 0 Å². The largest absolute Gasteiger partial charge is 0.497 e. The molecule has 0 bridgehead atoms. The van der Waals surface area contributed by atoms with Gasteiger partial charge in [0.2, 0.25) is 0 Å². The molecule has 1 aromatic carbocycles. The molecule has 2 aromatic heterocycles. The van der Waals surface area contributed by atoms with Crippen LogP contribution in [0.25, 0.3) is 16.8 Å². The fraction of sp³-hybridized carbons (Fsp3) is 0.478. The second-order valence-electron chi connectivity index (χ2n) is 7.68. The molecule has 7 heteroatoms. The van der Waals surface area contributed by atoms with Crippen LogP contribution in [0.5, 0.6) is 5.75 Å². The van der Waals surface area contributed by atoms with E-state index in [2.05, 4.69) is 50.8 Å². The van der Waals surface area contributed by atoms with Gasteiger partial charge >= 0.3 is 0 Å². The van der Waals surface area contributed by atoms with Crippen LogP contribution in [-0.4, -0.2) is 83.9 Å². The summed E-state index contributed by atoms with van der Waals surface area (Å²) in [6.07, 6.45) is 3.80. The molecule has 1 fully saturated rings. The van der Waals surface area contributed by atoms with Crippen LogP contribution in [0.3, 0.4) is 0 Å². The van der Waals surface area contributed by atoms with Gasteiger partial charge in [0.05, 0.1) is 13.3 Å². The maximum absolute atomic E-state index is 5.38. The molecule has 0 radical (unpaired) electrons. The zero-order chi connectivity index (χ0) is 20.9. The highest BCUT2D eigenvalue weighted by atomic mass is 16.5. The van der Waals surface area contributed by atoms with E-state index in [9.17, 15) is 0 Å².